The summed E-state index contributed by atoms with van der Waals surface area (Å²) in [5.41, 5.74) is 1.35. The second kappa shape index (κ2) is 8.15. The third-order valence-electron chi connectivity index (χ3n) is 4.08. The predicted molar refractivity (Wildman–Crippen MR) is 86.0 cm³/mol. The highest BCUT2D eigenvalue weighted by molar-refractivity contribution is 5.78. The van der Waals surface area contributed by atoms with Gasteiger partial charge in [0.2, 0.25) is 5.91 Å². The molecule has 1 N–H and O–H groups in total. The van der Waals surface area contributed by atoms with Crippen LogP contribution in [0.4, 0.5) is 0 Å². The molecule has 0 bridgehead atoms. The van der Waals surface area contributed by atoms with Gasteiger partial charge in [0.1, 0.15) is 0 Å². The molecule has 4 nitrogen and oxygen atoms in total. The Morgan fingerprint density at radius 1 is 1.19 bits per heavy atom. The highest BCUT2D eigenvalue weighted by atomic mass is 16.2. The minimum absolute atomic E-state index is 0.0654. The van der Waals surface area contributed by atoms with Gasteiger partial charge in [0.25, 0.3) is 0 Å². The molecule has 1 unspecified atom stereocenters. The molecular formula is C17H27N3O. The van der Waals surface area contributed by atoms with Gasteiger partial charge in [-0.15, -0.1) is 0 Å². The summed E-state index contributed by atoms with van der Waals surface area (Å²) in [7, 11) is 1.90. The second-order valence-electron chi connectivity index (χ2n) is 5.90. The first kappa shape index (κ1) is 16.0. The SMILES string of the molecule is CNCC(C)C(=O)N1CCCN(Cc2ccccc2)CC1. The number of benzene rings is 1. The van der Waals surface area contributed by atoms with Gasteiger partial charge in [0.05, 0.1) is 0 Å². The van der Waals surface area contributed by atoms with Gasteiger partial charge in [0, 0.05) is 45.2 Å². The summed E-state index contributed by atoms with van der Waals surface area (Å²) in [5.74, 6) is 0.349. The minimum Gasteiger partial charge on any atom is -0.341 e. The summed E-state index contributed by atoms with van der Waals surface area (Å²) in [6, 6.07) is 10.6. The van der Waals surface area contributed by atoms with Gasteiger partial charge < -0.3 is 10.2 Å². The lowest BCUT2D eigenvalue weighted by Gasteiger charge is -2.24. The van der Waals surface area contributed by atoms with Gasteiger partial charge in [-0.25, -0.2) is 0 Å². The molecule has 0 spiro atoms. The molecule has 4 heteroatoms. The molecule has 0 aromatic heterocycles. The lowest BCUT2D eigenvalue weighted by Crippen LogP contribution is -2.40. The van der Waals surface area contributed by atoms with Crippen molar-refractivity contribution in [2.24, 2.45) is 5.92 Å². The molecule has 1 aromatic rings. The Bertz CT molecular complexity index is 435. The van der Waals surface area contributed by atoms with E-state index >= 15 is 0 Å². The molecule has 21 heavy (non-hydrogen) atoms. The Hall–Kier alpha value is -1.39. The van der Waals surface area contributed by atoms with Crippen LogP contribution >= 0.6 is 0 Å². The summed E-state index contributed by atoms with van der Waals surface area (Å²) >= 11 is 0. The molecule has 1 aliphatic rings. The number of carbonyl (C=O) groups excluding carboxylic acids is 1. The van der Waals surface area contributed by atoms with Crippen LogP contribution < -0.4 is 5.32 Å². The topological polar surface area (TPSA) is 35.6 Å². The molecule has 116 valence electrons. The van der Waals surface area contributed by atoms with E-state index in [0.717, 1.165) is 45.7 Å². The molecule has 0 radical (unpaired) electrons. The van der Waals surface area contributed by atoms with E-state index in [4.69, 9.17) is 0 Å². The third kappa shape index (κ3) is 4.83. The second-order valence-corrected chi connectivity index (χ2v) is 5.90. The van der Waals surface area contributed by atoms with Crippen molar-refractivity contribution in [3.8, 4) is 0 Å². The smallest absolute Gasteiger partial charge is 0.226 e. The van der Waals surface area contributed by atoms with Gasteiger partial charge >= 0.3 is 0 Å². The largest absolute Gasteiger partial charge is 0.341 e. The van der Waals surface area contributed by atoms with Crippen LogP contribution in [0.25, 0.3) is 0 Å². The maximum absolute atomic E-state index is 12.4. The van der Waals surface area contributed by atoms with Crippen LogP contribution in [0.3, 0.4) is 0 Å². The van der Waals surface area contributed by atoms with Crippen molar-refractivity contribution in [2.75, 3.05) is 39.8 Å². The van der Waals surface area contributed by atoms with Crippen LogP contribution in [0.5, 0.6) is 0 Å². The van der Waals surface area contributed by atoms with E-state index in [-0.39, 0.29) is 11.8 Å². The predicted octanol–water partition coefficient (Wildman–Crippen LogP) is 1.58. The van der Waals surface area contributed by atoms with E-state index in [1.807, 2.05) is 18.9 Å². The molecule has 1 amide bonds. The Balaban J connectivity index is 1.85. The first-order valence-electron chi connectivity index (χ1n) is 7.90. The molecule has 0 aliphatic carbocycles. The van der Waals surface area contributed by atoms with Crippen LogP contribution in [-0.4, -0.2) is 55.5 Å². The molecule has 1 heterocycles. The van der Waals surface area contributed by atoms with Crippen molar-refractivity contribution in [1.29, 1.82) is 0 Å². The van der Waals surface area contributed by atoms with Crippen LogP contribution in [0.1, 0.15) is 18.9 Å². The average molecular weight is 289 g/mol. The van der Waals surface area contributed by atoms with Gasteiger partial charge in [-0.05, 0) is 19.0 Å². The molecule has 0 saturated carbocycles. The fourth-order valence-electron chi connectivity index (χ4n) is 2.90. The Labute approximate surface area is 128 Å². The third-order valence-corrected chi connectivity index (χ3v) is 4.08. The Kier molecular flexibility index (Phi) is 6.21. The number of nitrogens with zero attached hydrogens (tertiary/aromatic N) is 2. The molecular weight excluding hydrogens is 262 g/mol. The Morgan fingerprint density at radius 3 is 2.67 bits per heavy atom. The number of hydrogen-bond acceptors (Lipinski definition) is 3. The van der Waals surface area contributed by atoms with Crippen molar-refractivity contribution in [1.82, 2.24) is 15.1 Å². The lowest BCUT2D eigenvalue weighted by atomic mass is 10.1. The first-order chi connectivity index (χ1) is 10.2. The molecule has 1 aliphatic heterocycles. The van der Waals surface area contributed by atoms with Crippen molar-refractivity contribution >= 4 is 5.91 Å². The summed E-state index contributed by atoms with van der Waals surface area (Å²) in [6.07, 6.45) is 1.06. The van der Waals surface area contributed by atoms with E-state index in [1.54, 1.807) is 0 Å². The standard InChI is InChI=1S/C17H27N3O/c1-15(13-18-2)17(21)20-10-6-9-19(11-12-20)14-16-7-4-3-5-8-16/h3-5,7-8,15,18H,6,9-14H2,1-2H3. The van der Waals surface area contributed by atoms with E-state index in [9.17, 15) is 4.79 Å². The summed E-state index contributed by atoms with van der Waals surface area (Å²) < 4.78 is 0. The monoisotopic (exact) mass is 289 g/mol. The van der Waals surface area contributed by atoms with Crippen LogP contribution in [0.2, 0.25) is 0 Å². The number of hydrogen-bond donors (Lipinski definition) is 1. The highest BCUT2D eigenvalue weighted by Crippen LogP contribution is 2.11. The number of carbonyl (C=O) groups is 1. The fourth-order valence-corrected chi connectivity index (χ4v) is 2.90. The normalized spacial score (nSPS) is 18.3. The molecule has 1 fully saturated rings. The van der Waals surface area contributed by atoms with Crippen molar-refractivity contribution in [2.45, 2.75) is 19.9 Å². The summed E-state index contributed by atoms with van der Waals surface area (Å²) in [6.45, 7) is 7.51. The number of nitrogens with one attached hydrogen (secondary N) is 1. The van der Waals surface area contributed by atoms with Crippen molar-refractivity contribution in [3.05, 3.63) is 35.9 Å². The molecule has 2 rings (SSSR count). The van der Waals surface area contributed by atoms with Crippen molar-refractivity contribution in [3.63, 3.8) is 0 Å². The fraction of sp³-hybridized carbons (Fsp3) is 0.588. The van der Waals surface area contributed by atoms with Crippen LogP contribution in [-0.2, 0) is 11.3 Å². The lowest BCUT2D eigenvalue weighted by molar-refractivity contribution is -0.134. The van der Waals surface area contributed by atoms with Gasteiger partial charge in [0.15, 0.2) is 0 Å². The minimum atomic E-state index is 0.0654. The zero-order valence-corrected chi connectivity index (χ0v) is 13.2. The van der Waals surface area contributed by atoms with E-state index in [2.05, 4.69) is 40.5 Å². The maximum Gasteiger partial charge on any atom is 0.226 e. The molecule has 1 aromatic carbocycles. The zero-order valence-electron chi connectivity index (χ0n) is 13.2. The van der Waals surface area contributed by atoms with E-state index in [0.29, 0.717) is 0 Å². The van der Waals surface area contributed by atoms with Crippen LogP contribution in [0, 0.1) is 5.92 Å². The van der Waals surface area contributed by atoms with E-state index in [1.165, 1.54) is 5.56 Å². The number of amides is 1. The van der Waals surface area contributed by atoms with E-state index < -0.39 is 0 Å². The highest BCUT2D eigenvalue weighted by Gasteiger charge is 2.22. The van der Waals surface area contributed by atoms with Gasteiger partial charge in [-0.3, -0.25) is 9.69 Å². The Morgan fingerprint density at radius 2 is 1.95 bits per heavy atom. The molecule has 1 atom stereocenters. The van der Waals surface area contributed by atoms with Crippen LogP contribution in [0.15, 0.2) is 30.3 Å². The first-order valence-corrected chi connectivity index (χ1v) is 7.90. The maximum atomic E-state index is 12.4. The quantitative estimate of drug-likeness (QED) is 0.894. The zero-order chi connectivity index (χ0) is 15.1. The van der Waals surface area contributed by atoms with Gasteiger partial charge in [-0.1, -0.05) is 37.3 Å². The van der Waals surface area contributed by atoms with Crippen molar-refractivity contribution < 1.29 is 4.79 Å². The molecule has 1 saturated heterocycles. The average Bonchev–Trinajstić information content (AvgIpc) is 2.73. The number of rotatable bonds is 5. The van der Waals surface area contributed by atoms with Gasteiger partial charge in [-0.2, -0.15) is 0 Å². The summed E-state index contributed by atoms with van der Waals surface area (Å²) in [4.78, 5) is 16.9. The summed E-state index contributed by atoms with van der Waals surface area (Å²) in [5, 5.41) is 3.09.